The topological polar surface area (TPSA) is 83.8 Å². The number of hydrogen-bond acceptors (Lipinski definition) is 5. The predicted octanol–water partition coefficient (Wildman–Crippen LogP) is 2.39. The molecule has 3 aliphatic rings. The van der Waals surface area contributed by atoms with Crippen LogP contribution >= 0.6 is 0 Å². The Labute approximate surface area is 149 Å². The molecule has 2 fully saturated rings. The summed E-state index contributed by atoms with van der Waals surface area (Å²) in [6, 6.07) is 0. The van der Waals surface area contributed by atoms with Crippen LogP contribution < -0.4 is 0 Å². The third-order valence-electron chi connectivity index (χ3n) is 7.41. The van der Waals surface area contributed by atoms with Crippen molar-refractivity contribution in [2.45, 2.75) is 71.5 Å². The number of esters is 1. The van der Waals surface area contributed by atoms with Crippen molar-refractivity contribution in [2.24, 2.45) is 22.7 Å². The second-order valence-electron chi connectivity index (χ2n) is 9.17. The van der Waals surface area contributed by atoms with Gasteiger partial charge in [0, 0.05) is 17.4 Å². The Morgan fingerprint density at radius 3 is 2.56 bits per heavy atom. The molecule has 5 atom stereocenters. The molecule has 0 amide bonds. The van der Waals surface area contributed by atoms with Gasteiger partial charge in [-0.3, -0.25) is 4.79 Å². The maximum Gasteiger partial charge on any atom is 0.331 e. The van der Waals surface area contributed by atoms with E-state index in [0.29, 0.717) is 25.9 Å². The summed E-state index contributed by atoms with van der Waals surface area (Å²) in [5, 5.41) is 21.8. The first-order valence-corrected chi connectivity index (χ1v) is 9.32. The Morgan fingerprint density at radius 1 is 1.28 bits per heavy atom. The van der Waals surface area contributed by atoms with Crippen molar-refractivity contribution in [3.63, 3.8) is 0 Å². The molecule has 0 aromatic carbocycles. The van der Waals surface area contributed by atoms with E-state index in [1.807, 2.05) is 6.92 Å². The van der Waals surface area contributed by atoms with Crippen LogP contribution in [0.25, 0.3) is 0 Å². The largest absolute Gasteiger partial charge is 0.458 e. The number of Topliss-reactive ketones (excluding diaryl/α,β-unsaturated/α-hetero) is 1. The van der Waals surface area contributed by atoms with Crippen molar-refractivity contribution >= 4 is 11.8 Å². The second kappa shape index (κ2) is 5.92. The van der Waals surface area contributed by atoms with Crippen LogP contribution in [0.5, 0.6) is 0 Å². The number of aliphatic hydroxyl groups is 2. The van der Waals surface area contributed by atoms with Gasteiger partial charge >= 0.3 is 5.97 Å². The SMILES string of the molecule is CC1C(C)(CCC2=CC(=O)OC2)CC2C(=O)C(C)(C)C(O)CCC21O. The quantitative estimate of drug-likeness (QED) is 0.764. The Balaban J connectivity index is 1.82. The molecule has 2 N–H and O–H groups in total. The van der Waals surface area contributed by atoms with E-state index >= 15 is 0 Å². The monoisotopic (exact) mass is 350 g/mol. The molecule has 5 heteroatoms. The van der Waals surface area contributed by atoms with E-state index in [-0.39, 0.29) is 23.1 Å². The summed E-state index contributed by atoms with van der Waals surface area (Å²) < 4.78 is 4.96. The van der Waals surface area contributed by atoms with E-state index in [0.717, 1.165) is 18.4 Å². The average molecular weight is 350 g/mol. The van der Waals surface area contributed by atoms with Crippen LogP contribution in [0.15, 0.2) is 11.6 Å². The summed E-state index contributed by atoms with van der Waals surface area (Å²) in [4.78, 5) is 24.3. The van der Waals surface area contributed by atoms with Crippen LogP contribution in [0.3, 0.4) is 0 Å². The van der Waals surface area contributed by atoms with E-state index in [9.17, 15) is 19.8 Å². The maximum atomic E-state index is 13.1. The zero-order valence-corrected chi connectivity index (χ0v) is 15.7. The molecule has 25 heavy (non-hydrogen) atoms. The number of cyclic esters (lactones) is 1. The summed E-state index contributed by atoms with van der Waals surface area (Å²) >= 11 is 0. The lowest BCUT2D eigenvalue weighted by Gasteiger charge is -2.37. The van der Waals surface area contributed by atoms with E-state index < -0.39 is 23.0 Å². The van der Waals surface area contributed by atoms with Crippen LogP contribution in [0.2, 0.25) is 0 Å². The Kier molecular flexibility index (Phi) is 4.40. The minimum absolute atomic E-state index is 0.0193. The van der Waals surface area contributed by atoms with Gasteiger partial charge in [0.1, 0.15) is 12.4 Å². The van der Waals surface area contributed by atoms with Crippen molar-refractivity contribution in [3.8, 4) is 0 Å². The highest BCUT2D eigenvalue weighted by Gasteiger charge is 2.63. The normalized spacial score (nSPS) is 43.4. The Morgan fingerprint density at radius 2 is 1.96 bits per heavy atom. The van der Waals surface area contributed by atoms with Gasteiger partial charge in [-0.25, -0.2) is 4.79 Å². The smallest absolute Gasteiger partial charge is 0.331 e. The highest BCUT2D eigenvalue weighted by atomic mass is 16.5. The molecule has 1 heterocycles. The van der Waals surface area contributed by atoms with Crippen LogP contribution in [0, 0.1) is 22.7 Å². The molecule has 0 aromatic heterocycles. The summed E-state index contributed by atoms with van der Waals surface area (Å²) in [6.45, 7) is 8.10. The fraction of sp³-hybridized carbons (Fsp3) is 0.800. The lowest BCUT2D eigenvalue weighted by Crippen LogP contribution is -2.45. The van der Waals surface area contributed by atoms with Crippen LogP contribution in [-0.4, -0.2) is 40.3 Å². The fourth-order valence-corrected chi connectivity index (χ4v) is 5.10. The average Bonchev–Trinajstić information content (AvgIpc) is 3.04. The molecular formula is C20H30O5. The van der Waals surface area contributed by atoms with Gasteiger partial charge in [0.15, 0.2) is 0 Å². The molecule has 1 aliphatic heterocycles. The summed E-state index contributed by atoms with van der Waals surface area (Å²) in [5.41, 5.74) is -1.08. The molecule has 140 valence electrons. The number of aliphatic hydroxyl groups excluding tert-OH is 1. The van der Waals surface area contributed by atoms with Gasteiger partial charge < -0.3 is 14.9 Å². The zero-order chi connectivity index (χ0) is 18.6. The number of carbonyl (C=O) groups excluding carboxylic acids is 2. The van der Waals surface area contributed by atoms with Crippen molar-refractivity contribution < 1.29 is 24.5 Å². The van der Waals surface area contributed by atoms with Crippen LogP contribution in [0.1, 0.15) is 59.8 Å². The van der Waals surface area contributed by atoms with Gasteiger partial charge in [0.05, 0.1) is 11.7 Å². The second-order valence-corrected chi connectivity index (χ2v) is 9.17. The van der Waals surface area contributed by atoms with E-state index in [1.165, 1.54) is 0 Å². The van der Waals surface area contributed by atoms with Crippen molar-refractivity contribution in [2.75, 3.05) is 6.61 Å². The molecule has 5 nitrogen and oxygen atoms in total. The lowest BCUT2D eigenvalue weighted by atomic mass is 9.72. The molecule has 5 unspecified atom stereocenters. The number of ketones is 1. The summed E-state index contributed by atoms with van der Waals surface area (Å²) in [6.07, 6.45) is 3.93. The number of ether oxygens (including phenoxy) is 1. The number of rotatable bonds is 3. The van der Waals surface area contributed by atoms with E-state index in [2.05, 4.69) is 6.92 Å². The van der Waals surface area contributed by atoms with Crippen molar-refractivity contribution in [1.29, 1.82) is 0 Å². The van der Waals surface area contributed by atoms with Gasteiger partial charge in [0.25, 0.3) is 0 Å². The predicted molar refractivity (Wildman–Crippen MR) is 92.6 cm³/mol. The molecule has 2 aliphatic carbocycles. The van der Waals surface area contributed by atoms with Gasteiger partial charge in [-0.05, 0) is 49.0 Å². The lowest BCUT2D eigenvalue weighted by molar-refractivity contribution is -0.142. The first-order valence-electron chi connectivity index (χ1n) is 9.32. The Hall–Kier alpha value is -1.20. The number of fused-ring (bicyclic) bond motifs is 1. The molecule has 2 saturated carbocycles. The summed E-state index contributed by atoms with van der Waals surface area (Å²) in [7, 11) is 0. The van der Waals surface area contributed by atoms with Gasteiger partial charge in [-0.2, -0.15) is 0 Å². The van der Waals surface area contributed by atoms with Crippen LogP contribution in [0.4, 0.5) is 0 Å². The van der Waals surface area contributed by atoms with Crippen molar-refractivity contribution in [1.82, 2.24) is 0 Å². The highest BCUT2D eigenvalue weighted by molar-refractivity contribution is 5.89. The summed E-state index contributed by atoms with van der Waals surface area (Å²) in [5.74, 6) is -0.785. The third kappa shape index (κ3) is 2.85. The fourth-order valence-electron chi connectivity index (χ4n) is 5.10. The maximum absolute atomic E-state index is 13.1. The standard InChI is InChI=1S/C20H30O5/c1-12-19(4,7-5-13-9-16(22)25-11-13)10-14-17(23)18(2,3)15(21)6-8-20(12,14)24/h9,12,14-15,21,24H,5-8,10-11H2,1-4H3. The van der Waals surface area contributed by atoms with Gasteiger partial charge in [-0.15, -0.1) is 0 Å². The molecule has 0 aromatic rings. The Bertz CT molecular complexity index is 622. The minimum atomic E-state index is -1.06. The molecule has 0 spiro atoms. The highest BCUT2D eigenvalue weighted by Crippen LogP contribution is 2.59. The third-order valence-corrected chi connectivity index (χ3v) is 7.41. The van der Waals surface area contributed by atoms with Gasteiger partial charge in [0.2, 0.25) is 0 Å². The number of hydrogen-bond donors (Lipinski definition) is 2. The molecular weight excluding hydrogens is 320 g/mol. The first kappa shape index (κ1) is 18.6. The zero-order valence-electron chi connectivity index (χ0n) is 15.7. The minimum Gasteiger partial charge on any atom is -0.458 e. The van der Waals surface area contributed by atoms with Gasteiger partial charge in [-0.1, -0.05) is 27.7 Å². The van der Waals surface area contributed by atoms with E-state index in [1.54, 1.807) is 19.9 Å². The molecule has 3 rings (SSSR count). The molecule has 0 bridgehead atoms. The number of carbonyl (C=O) groups is 2. The van der Waals surface area contributed by atoms with Crippen molar-refractivity contribution in [3.05, 3.63) is 11.6 Å². The molecule has 0 saturated heterocycles. The van der Waals surface area contributed by atoms with Crippen LogP contribution in [-0.2, 0) is 14.3 Å². The molecule has 0 radical (unpaired) electrons. The first-order chi connectivity index (χ1) is 11.5. The van der Waals surface area contributed by atoms with E-state index in [4.69, 9.17) is 4.74 Å².